The number of aliphatic hydroxyl groups is 1. The Morgan fingerprint density at radius 1 is 1.24 bits per heavy atom. The first-order valence-electron chi connectivity index (χ1n) is 7.90. The monoisotopic (exact) mass is 345 g/mol. The molecule has 0 aliphatic carbocycles. The Kier molecular flexibility index (Phi) is 6.59. The summed E-state index contributed by atoms with van der Waals surface area (Å²) in [7, 11) is 3.22. The molecule has 7 heteroatoms. The van der Waals surface area contributed by atoms with Crippen LogP contribution in [-0.4, -0.2) is 36.3 Å². The average molecular weight is 345 g/mol. The third-order valence-corrected chi connectivity index (χ3v) is 3.48. The molecule has 1 unspecified atom stereocenters. The molecule has 1 aromatic heterocycles. The Morgan fingerprint density at radius 2 is 2.04 bits per heavy atom. The standard InChI is InChI=1S/C18H23N3O4/c1-12(22)8-18(23)21-14-5-7-17(20-11-14)19-10-13-4-6-15(24-2)9-16(13)25-3/h4-7,9,11-12,22H,8,10H2,1-3H3,(H,19,20)(H,21,23). The van der Waals surface area contributed by atoms with Crippen molar-refractivity contribution in [2.45, 2.75) is 26.0 Å². The third-order valence-electron chi connectivity index (χ3n) is 3.48. The number of pyridine rings is 1. The highest BCUT2D eigenvalue weighted by Crippen LogP contribution is 2.25. The van der Waals surface area contributed by atoms with Crippen molar-refractivity contribution in [3.8, 4) is 11.5 Å². The SMILES string of the molecule is COc1ccc(CNc2ccc(NC(=O)CC(C)O)cn2)c(OC)c1. The van der Waals surface area contributed by atoms with Crippen LogP contribution in [0.2, 0.25) is 0 Å². The van der Waals surface area contributed by atoms with Crippen LogP contribution in [0.3, 0.4) is 0 Å². The molecule has 0 aliphatic heterocycles. The predicted molar refractivity (Wildman–Crippen MR) is 96.0 cm³/mol. The van der Waals surface area contributed by atoms with Gasteiger partial charge in [-0.3, -0.25) is 4.79 Å². The number of hydrogen-bond acceptors (Lipinski definition) is 6. The number of carbonyl (C=O) groups is 1. The molecule has 0 fully saturated rings. The highest BCUT2D eigenvalue weighted by molar-refractivity contribution is 5.90. The van der Waals surface area contributed by atoms with Gasteiger partial charge in [0.1, 0.15) is 17.3 Å². The summed E-state index contributed by atoms with van der Waals surface area (Å²) in [6.07, 6.45) is 0.943. The quantitative estimate of drug-likeness (QED) is 0.680. The first-order chi connectivity index (χ1) is 12.0. The lowest BCUT2D eigenvalue weighted by Crippen LogP contribution is -2.17. The van der Waals surface area contributed by atoms with Crippen molar-refractivity contribution in [3.05, 3.63) is 42.1 Å². The Hall–Kier alpha value is -2.80. The molecular formula is C18H23N3O4. The van der Waals surface area contributed by atoms with Gasteiger partial charge in [0.05, 0.1) is 38.6 Å². The zero-order valence-corrected chi connectivity index (χ0v) is 14.6. The van der Waals surface area contributed by atoms with E-state index in [2.05, 4.69) is 15.6 Å². The number of benzene rings is 1. The van der Waals surface area contributed by atoms with Crippen LogP contribution in [0, 0.1) is 0 Å². The van der Waals surface area contributed by atoms with Crippen molar-refractivity contribution in [2.24, 2.45) is 0 Å². The number of methoxy groups -OCH3 is 2. The molecule has 134 valence electrons. The summed E-state index contributed by atoms with van der Waals surface area (Å²) < 4.78 is 10.5. The molecule has 0 saturated heterocycles. The van der Waals surface area contributed by atoms with Crippen molar-refractivity contribution < 1.29 is 19.4 Å². The van der Waals surface area contributed by atoms with Crippen LogP contribution in [0.5, 0.6) is 11.5 Å². The molecular weight excluding hydrogens is 322 g/mol. The summed E-state index contributed by atoms with van der Waals surface area (Å²) in [5, 5.41) is 15.1. The number of amides is 1. The number of aliphatic hydroxyl groups excluding tert-OH is 1. The number of anilines is 2. The number of nitrogens with zero attached hydrogens (tertiary/aromatic N) is 1. The van der Waals surface area contributed by atoms with Gasteiger partial charge < -0.3 is 25.2 Å². The van der Waals surface area contributed by atoms with Gasteiger partial charge >= 0.3 is 0 Å². The van der Waals surface area contributed by atoms with E-state index < -0.39 is 6.10 Å². The van der Waals surface area contributed by atoms with E-state index in [1.165, 1.54) is 0 Å². The second-order valence-corrected chi connectivity index (χ2v) is 5.56. The molecule has 0 bridgehead atoms. The number of carbonyl (C=O) groups excluding carboxylic acids is 1. The largest absolute Gasteiger partial charge is 0.497 e. The molecule has 0 saturated carbocycles. The molecule has 3 N–H and O–H groups in total. The molecule has 0 spiro atoms. The Bertz CT molecular complexity index is 702. The first kappa shape index (κ1) is 18.5. The molecule has 0 aliphatic rings. The van der Waals surface area contributed by atoms with Gasteiger partial charge in [-0.15, -0.1) is 0 Å². The zero-order chi connectivity index (χ0) is 18.2. The lowest BCUT2D eigenvalue weighted by atomic mass is 10.2. The number of ether oxygens (including phenoxy) is 2. The average Bonchev–Trinajstić information content (AvgIpc) is 2.60. The van der Waals surface area contributed by atoms with Gasteiger partial charge in [0.25, 0.3) is 0 Å². The summed E-state index contributed by atoms with van der Waals surface area (Å²) in [6, 6.07) is 9.14. The van der Waals surface area contributed by atoms with Crippen LogP contribution in [-0.2, 0) is 11.3 Å². The Balaban J connectivity index is 1.94. The lowest BCUT2D eigenvalue weighted by Gasteiger charge is -2.12. The minimum absolute atomic E-state index is 0.0528. The second-order valence-electron chi connectivity index (χ2n) is 5.56. The molecule has 1 amide bonds. The first-order valence-corrected chi connectivity index (χ1v) is 7.90. The van der Waals surface area contributed by atoms with Crippen LogP contribution in [0.25, 0.3) is 0 Å². The smallest absolute Gasteiger partial charge is 0.227 e. The number of hydrogen-bond donors (Lipinski definition) is 3. The van der Waals surface area contributed by atoms with E-state index in [9.17, 15) is 9.90 Å². The van der Waals surface area contributed by atoms with Crippen molar-refractivity contribution >= 4 is 17.4 Å². The highest BCUT2D eigenvalue weighted by Gasteiger charge is 2.08. The van der Waals surface area contributed by atoms with Gasteiger partial charge in [-0.05, 0) is 31.2 Å². The predicted octanol–water partition coefficient (Wildman–Crippen LogP) is 2.42. The van der Waals surface area contributed by atoms with Crippen LogP contribution in [0.15, 0.2) is 36.5 Å². The minimum Gasteiger partial charge on any atom is -0.497 e. The van der Waals surface area contributed by atoms with Crippen molar-refractivity contribution in [1.29, 1.82) is 0 Å². The van der Waals surface area contributed by atoms with Gasteiger partial charge in [0.15, 0.2) is 0 Å². The molecule has 0 radical (unpaired) electrons. The lowest BCUT2D eigenvalue weighted by molar-refractivity contribution is -0.117. The van der Waals surface area contributed by atoms with E-state index in [4.69, 9.17) is 9.47 Å². The van der Waals surface area contributed by atoms with Gasteiger partial charge in [0, 0.05) is 18.2 Å². The fourth-order valence-corrected chi connectivity index (χ4v) is 2.24. The molecule has 2 rings (SSSR count). The van der Waals surface area contributed by atoms with Crippen LogP contribution < -0.4 is 20.1 Å². The van der Waals surface area contributed by atoms with E-state index in [0.717, 1.165) is 17.1 Å². The maximum Gasteiger partial charge on any atom is 0.227 e. The summed E-state index contributed by atoms with van der Waals surface area (Å²) >= 11 is 0. The maximum atomic E-state index is 11.6. The van der Waals surface area contributed by atoms with E-state index in [1.807, 2.05) is 18.2 Å². The Morgan fingerprint density at radius 3 is 2.64 bits per heavy atom. The van der Waals surface area contributed by atoms with E-state index in [1.54, 1.807) is 39.5 Å². The van der Waals surface area contributed by atoms with Gasteiger partial charge in [-0.25, -0.2) is 4.98 Å². The molecule has 7 nitrogen and oxygen atoms in total. The third kappa shape index (κ3) is 5.65. The fourth-order valence-electron chi connectivity index (χ4n) is 2.24. The van der Waals surface area contributed by atoms with Gasteiger partial charge in [0.2, 0.25) is 5.91 Å². The van der Waals surface area contributed by atoms with Crippen LogP contribution in [0.4, 0.5) is 11.5 Å². The number of rotatable bonds is 8. The van der Waals surface area contributed by atoms with E-state index in [-0.39, 0.29) is 12.3 Å². The molecule has 1 atom stereocenters. The topological polar surface area (TPSA) is 92.7 Å². The summed E-state index contributed by atoms with van der Waals surface area (Å²) in [5.41, 5.74) is 1.55. The normalized spacial score (nSPS) is 11.5. The molecule has 2 aromatic rings. The number of aromatic nitrogens is 1. The van der Waals surface area contributed by atoms with Gasteiger partial charge in [-0.2, -0.15) is 0 Å². The number of nitrogens with one attached hydrogen (secondary N) is 2. The summed E-state index contributed by atoms with van der Waals surface area (Å²) in [6.45, 7) is 2.10. The minimum atomic E-state index is -0.673. The highest BCUT2D eigenvalue weighted by atomic mass is 16.5. The van der Waals surface area contributed by atoms with Crippen molar-refractivity contribution in [2.75, 3.05) is 24.9 Å². The molecule has 1 aromatic carbocycles. The summed E-state index contributed by atoms with van der Waals surface area (Å²) in [5.74, 6) is 1.89. The second kappa shape index (κ2) is 8.89. The van der Waals surface area contributed by atoms with Crippen molar-refractivity contribution in [1.82, 2.24) is 4.98 Å². The molecule has 1 heterocycles. The van der Waals surface area contributed by atoms with E-state index in [0.29, 0.717) is 18.1 Å². The van der Waals surface area contributed by atoms with Gasteiger partial charge in [-0.1, -0.05) is 0 Å². The van der Waals surface area contributed by atoms with E-state index >= 15 is 0 Å². The van der Waals surface area contributed by atoms with Crippen molar-refractivity contribution in [3.63, 3.8) is 0 Å². The zero-order valence-electron chi connectivity index (χ0n) is 14.6. The Labute approximate surface area is 147 Å². The van der Waals surface area contributed by atoms with Crippen LogP contribution >= 0.6 is 0 Å². The molecule has 25 heavy (non-hydrogen) atoms. The fraction of sp³-hybridized carbons (Fsp3) is 0.333. The van der Waals surface area contributed by atoms with Crippen LogP contribution in [0.1, 0.15) is 18.9 Å². The summed E-state index contributed by atoms with van der Waals surface area (Å²) in [4.78, 5) is 15.9. The maximum absolute atomic E-state index is 11.6.